The number of esters is 2. The molecular weight excluding hydrogens is 356 g/mol. The zero-order valence-electron chi connectivity index (χ0n) is 16.0. The summed E-state index contributed by atoms with van der Waals surface area (Å²) >= 11 is 0. The second-order valence-electron chi connectivity index (χ2n) is 6.34. The summed E-state index contributed by atoms with van der Waals surface area (Å²) in [6.07, 6.45) is 3.98. The Morgan fingerprint density at radius 2 is 1.00 bits per heavy atom. The summed E-state index contributed by atoms with van der Waals surface area (Å²) in [6, 6.07) is 0. The van der Waals surface area contributed by atoms with Crippen LogP contribution in [0.2, 0.25) is 0 Å². The fourth-order valence-electron chi connectivity index (χ4n) is 2.30. The van der Waals surface area contributed by atoms with E-state index in [9.17, 15) is 30.0 Å². The molecule has 0 heterocycles. The van der Waals surface area contributed by atoms with Crippen LogP contribution in [0, 0.1) is 0 Å². The van der Waals surface area contributed by atoms with Gasteiger partial charge in [0.15, 0.2) is 0 Å². The average molecular weight is 388 g/mol. The molecule has 0 rings (SSSR count). The molecule has 0 radical (unpaired) electrons. The van der Waals surface area contributed by atoms with E-state index in [1.165, 1.54) is 13.8 Å². The maximum Gasteiger partial charge on any atom is 0.302 e. The number of aliphatic hydroxyl groups excluding tert-OH is 4. The number of carbonyl (C=O) groups is 2. The van der Waals surface area contributed by atoms with Crippen molar-refractivity contribution in [3.8, 4) is 0 Å². The van der Waals surface area contributed by atoms with E-state index < -0.39 is 24.4 Å². The van der Waals surface area contributed by atoms with E-state index in [4.69, 9.17) is 9.47 Å². The molecule has 156 valence electrons. The Labute approximate surface area is 160 Å². The number of ether oxygens (including phenoxy) is 2. The molecule has 0 aliphatic heterocycles. The molecule has 4 N–H and O–H groups in total. The van der Waals surface area contributed by atoms with Crippen LogP contribution in [0.5, 0.6) is 0 Å². The molecule has 0 spiro atoms. The number of carbonyl (C=O) groups excluding carboxylic acids is 2. The molecule has 8 nitrogen and oxygen atoms in total. The Bertz CT molecular complexity index is 432. The van der Waals surface area contributed by atoms with Crippen LogP contribution in [0.25, 0.3) is 0 Å². The van der Waals surface area contributed by atoms with E-state index in [-0.39, 0.29) is 44.4 Å². The fourth-order valence-corrected chi connectivity index (χ4v) is 2.30. The normalized spacial score (nSPS) is 16.2. The van der Waals surface area contributed by atoms with Gasteiger partial charge in [0.1, 0.15) is 13.2 Å². The van der Waals surface area contributed by atoms with E-state index in [1.807, 2.05) is 0 Å². The van der Waals surface area contributed by atoms with Gasteiger partial charge in [-0.3, -0.25) is 9.59 Å². The van der Waals surface area contributed by atoms with Crippen LogP contribution >= 0.6 is 0 Å². The van der Waals surface area contributed by atoms with Crippen molar-refractivity contribution >= 4 is 11.9 Å². The zero-order chi connectivity index (χ0) is 20.7. The molecular formula is C19H32O8. The van der Waals surface area contributed by atoms with E-state index in [2.05, 4.69) is 0 Å². The molecule has 0 aliphatic rings. The minimum atomic E-state index is -0.899. The van der Waals surface area contributed by atoms with Crippen LogP contribution in [0.4, 0.5) is 0 Å². The third-order valence-corrected chi connectivity index (χ3v) is 3.55. The van der Waals surface area contributed by atoms with Gasteiger partial charge in [-0.2, -0.15) is 0 Å². The molecule has 0 amide bonds. The Morgan fingerprint density at radius 3 is 1.33 bits per heavy atom. The summed E-state index contributed by atoms with van der Waals surface area (Å²) in [7, 11) is 0. The van der Waals surface area contributed by atoms with Crippen molar-refractivity contribution in [3.05, 3.63) is 24.3 Å². The summed E-state index contributed by atoms with van der Waals surface area (Å²) in [6.45, 7) is 2.88. The number of rotatable bonds is 14. The highest BCUT2D eigenvalue weighted by molar-refractivity contribution is 5.66. The van der Waals surface area contributed by atoms with Crippen LogP contribution in [-0.4, -0.2) is 70.0 Å². The first-order valence-electron chi connectivity index (χ1n) is 8.99. The van der Waals surface area contributed by atoms with Crippen LogP contribution in [0.15, 0.2) is 24.3 Å². The third-order valence-electron chi connectivity index (χ3n) is 3.55. The Kier molecular flexibility index (Phi) is 14.3. The number of hydrogen-bond acceptors (Lipinski definition) is 8. The largest absolute Gasteiger partial charge is 0.462 e. The van der Waals surface area contributed by atoms with Crippen molar-refractivity contribution in [3.63, 3.8) is 0 Å². The highest BCUT2D eigenvalue weighted by atomic mass is 16.5. The molecule has 0 saturated carbocycles. The number of aliphatic hydroxyl groups is 4. The SMILES string of the molecule is CC(=O)OC/C=C/C[C@@H](O)C[C@@H](O)C[C@@H](O)C[C@@H](O)C/C=C/COC(C)=O. The Morgan fingerprint density at radius 1 is 0.667 bits per heavy atom. The van der Waals surface area contributed by atoms with E-state index in [0.29, 0.717) is 12.8 Å². The van der Waals surface area contributed by atoms with Gasteiger partial charge in [0, 0.05) is 13.8 Å². The van der Waals surface area contributed by atoms with E-state index >= 15 is 0 Å². The van der Waals surface area contributed by atoms with Crippen LogP contribution in [0.1, 0.15) is 46.0 Å². The molecule has 4 atom stereocenters. The third kappa shape index (κ3) is 17.4. The minimum absolute atomic E-state index is 0.0441. The first kappa shape index (κ1) is 25.3. The molecule has 27 heavy (non-hydrogen) atoms. The second-order valence-corrected chi connectivity index (χ2v) is 6.34. The quantitative estimate of drug-likeness (QED) is 0.251. The highest BCUT2D eigenvalue weighted by Crippen LogP contribution is 2.13. The lowest BCUT2D eigenvalue weighted by Gasteiger charge is -2.19. The molecule has 8 heteroatoms. The predicted octanol–water partition coefficient (Wildman–Crippen LogP) is 0.619. The summed E-state index contributed by atoms with van der Waals surface area (Å²) in [4.78, 5) is 21.2. The Hall–Kier alpha value is -1.74. The van der Waals surface area contributed by atoms with Gasteiger partial charge >= 0.3 is 11.9 Å². The maximum absolute atomic E-state index is 10.6. The summed E-state index contributed by atoms with van der Waals surface area (Å²) in [5.41, 5.74) is 0. The van der Waals surface area contributed by atoms with Crippen molar-refractivity contribution < 1.29 is 39.5 Å². The summed E-state index contributed by atoms with van der Waals surface area (Å²) in [5.74, 6) is -0.765. The molecule has 0 unspecified atom stereocenters. The van der Waals surface area contributed by atoms with Gasteiger partial charge in [0.05, 0.1) is 24.4 Å². The van der Waals surface area contributed by atoms with Crippen molar-refractivity contribution in [2.75, 3.05) is 13.2 Å². The van der Waals surface area contributed by atoms with Gasteiger partial charge in [-0.25, -0.2) is 0 Å². The summed E-state index contributed by atoms with van der Waals surface area (Å²) in [5, 5.41) is 39.5. The van der Waals surface area contributed by atoms with Gasteiger partial charge in [-0.05, 0) is 32.1 Å². The second kappa shape index (κ2) is 15.3. The van der Waals surface area contributed by atoms with Crippen molar-refractivity contribution in [1.82, 2.24) is 0 Å². The van der Waals surface area contributed by atoms with Crippen molar-refractivity contribution in [1.29, 1.82) is 0 Å². The maximum atomic E-state index is 10.6. The van der Waals surface area contributed by atoms with Crippen LogP contribution in [-0.2, 0) is 19.1 Å². The van der Waals surface area contributed by atoms with Crippen LogP contribution < -0.4 is 0 Å². The number of hydrogen-bond donors (Lipinski definition) is 4. The lowest BCUT2D eigenvalue weighted by molar-refractivity contribution is -0.140. The van der Waals surface area contributed by atoms with Gasteiger partial charge in [-0.1, -0.05) is 24.3 Å². The molecule has 0 fully saturated rings. The monoisotopic (exact) mass is 388 g/mol. The molecule has 0 aromatic heterocycles. The zero-order valence-corrected chi connectivity index (χ0v) is 16.0. The van der Waals surface area contributed by atoms with E-state index in [0.717, 1.165) is 0 Å². The highest BCUT2D eigenvalue weighted by Gasteiger charge is 2.18. The molecule has 0 saturated heterocycles. The summed E-state index contributed by atoms with van der Waals surface area (Å²) < 4.78 is 9.41. The van der Waals surface area contributed by atoms with Crippen molar-refractivity contribution in [2.24, 2.45) is 0 Å². The average Bonchev–Trinajstić information content (AvgIpc) is 2.53. The first-order chi connectivity index (χ1) is 12.7. The molecule has 0 aromatic carbocycles. The first-order valence-corrected chi connectivity index (χ1v) is 8.99. The standard InChI is InChI=1S/C19H32O8/c1-14(20)26-9-5-3-7-16(22)11-18(24)13-19(25)12-17(23)8-4-6-10-27-15(2)21/h3-6,16-19,22-25H,7-13H2,1-2H3/b5-3+,6-4+/t16-,17+,18-,19+. The topological polar surface area (TPSA) is 134 Å². The predicted molar refractivity (Wildman–Crippen MR) is 98.7 cm³/mol. The Balaban J connectivity index is 3.93. The van der Waals surface area contributed by atoms with Gasteiger partial charge < -0.3 is 29.9 Å². The van der Waals surface area contributed by atoms with Crippen molar-refractivity contribution in [2.45, 2.75) is 70.4 Å². The van der Waals surface area contributed by atoms with Crippen LogP contribution in [0.3, 0.4) is 0 Å². The lowest BCUT2D eigenvalue weighted by atomic mass is 9.99. The smallest absolute Gasteiger partial charge is 0.302 e. The lowest BCUT2D eigenvalue weighted by Crippen LogP contribution is -2.25. The fraction of sp³-hybridized carbons (Fsp3) is 0.684. The molecule has 0 bridgehead atoms. The van der Waals surface area contributed by atoms with Gasteiger partial charge in [0.2, 0.25) is 0 Å². The van der Waals surface area contributed by atoms with E-state index in [1.54, 1.807) is 24.3 Å². The van der Waals surface area contributed by atoms with Gasteiger partial charge in [-0.15, -0.1) is 0 Å². The van der Waals surface area contributed by atoms with Gasteiger partial charge in [0.25, 0.3) is 0 Å². The molecule has 0 aliphatic carbocycles. The minimum Gasteiger partial charge on any atom is -0.462 e. The molecule has 0 aromatic rings.